The van der Waals surface area contributed by atoms with Crippen LogP contribution in [0.5, 0.6) is 5.75 Å². The fourth-order valence-electron chi connectivity index (χ4n) is 3.48. The van der Waals surface area contributed by atoms with Crippen molar-refractivity contribution >= 4 is 17.3 Å². The average molecular weight is 372 g/mol. The molecule has 1 saturated heterocycles. The van der Waals surface area contributed by atoms with Crippen molar-refractivity contribution in [1.29, 1.82) is 0 Å². The predicted octanol–water partition coefficient (Wildman–Crippen LogP) is 5.12. The minimum absolute atomic E-state index is 0.128. The second-order valence-corrected chi connectivity index (χ2v) is 6.97. The quantitative estimate of drug-likeness (QED) is 0.653. The molecule has 3 aromatic rings. The molecule has 4 rings (SSSR count). The summed E-state index contributed by atoms with van der Waals surface area (Å²) in [7, 11) is 0. The first kappa shape index (κ1) is 18.1. The van der Waals surface area contributed by atoms with Gasteiger partial charge in [-0.15, -0.1) is 0 Å². The molecule has 1 heterocycles. The van der Waals surface area contributed by atoms with Crippen molar-refractivity contribution in [2.24, 2.45) is 0 Å². The first-order valence-electron chi connectivity index (χ1n) is 9.72. The maximum Gasteiger partial charge on any atom is 0.255 e. The fraction of sp³-hybridized carbons (Fsp3) is 0.208. The SMILES string of the molecule is O=C(Nc1ccccc1N1CCCC1)c1cccc(OCc2ccccc2)c1. The van der Waals surface area contributed by atoms with E-state index in [0.717, 1.165) is 30.0 Å². The lowest BCUT2D eigenvalue weighted by Crippen LogP contribution is -2.21. The minimum Gasteiger partial charge on any atom is -0.489 e. The van der Waals surface area contributed by atoms with Gasteiger partial charge < -0.3 is 15.0 Å². The summed E-state index contributed by atoms with van der Waals surface area (Å²) >= 11 is 0. The summed E-state index contributed by atoms with van der Waals surface area (Å²) in [6.45, 7) is 2.55. The molecule has 1 fully saturated rings. The van der Waals surface area contributed by atoms with Crippen LogP contribution in [-0.2, 0) is 6.61 Å². The van der Waals surface area contributed by atoms with Crippen molar-refractivity contribution in [2.45, 2.75) is 19.4 Å². The molecule has 0 saturated carbocycles. The number of hydrogen-bond donors (Lipinski definition) is 1. The van der Waals surface area contributed by atoms with Crippen LogP contribution >= 0.6 is 0 Å². The van der Waals surface area contributed by atoms with Crippen molar-refractivity contribution in [3.8, 4) is 5.75 Å². The molecule has 0 atom stereocenters. The largest absolute Gasteiger partial charge is 0.489 e. The summed E-state index contributed by atoms with van der Waals surface area (Å²) in [5.74, 6) is 0.557. The molecule has 0 unspecified atom stereocenters. The lowest BCUT2D eigenvalue weighted by Gasteiger charge is -2.21. The molecule has 3 aromatic carbocycles. The van der Waals surface area contributed by atoms with E-state index in [-0.39, 0.29) is 5.91 Å². The molecular formula is C24H24N2O2. The summed E-state index contributed by atoms with van der Waals surface area (Å²) < 4.78 is 5.85. The number of carbonyl (C=O) groups is 1. The summed E-state index contributed by atoms with van der Waals surface area (Å²) in [6, 6.07) is 25.3. The number of anilines is 2. The van der Waals surface area contributed by atoms with E-state index in [4.69, 9.17) is 4.74 Å². The van der Waals surface area contributed by atoms with Gasteiger partial charge in [0.15, 0.2) is 0 Å². The van der Waals surface area contributed by atoms with Gasteiger partial charge in [0.05, 0.1) is 11.4 Å². The molecule has 0 aliphatic carbocycles. The highest BCUT2D eigenvalue weighted by Crippen LogP contribution is 2.29. The number of nitrogens with zero attached hydrogens (tertiary/aromatic N) is 1. The molecule has 0 radical (unpaired) electrons. The third-order valence-electron chi connectivity index (χ3n) is 4.94. The van der Waals surface area contributed by atoms with Gasteiger partial charge in [-0.2, -0.15) is 0 Å². The first-order valence-corrected chi connectivity index (χ1v) is 9.72. The van der Waals surface area contributed by atoms with Crippen LogP contribution in [-0.4, -0.2) is 19.0 Å². The Morgan fingerprint density at radius 3 is 2.46 bits per heavy atom. The average Bonchev–Trinajstić information content (AvgIpc) is 3.28. The lowest BCUT2D eigenvalue weighted by atomic mass is 10.2. The van der Waals surface area contributed by atoms with E-state index in [2.05, 4.69) is 16.3 Å². The minimum atomic E-state index is -0.128. The molecule has 1 aliphatic heterocycles. The monoisotopic (exact) mass is 372 g/mol. The Bertz CT molecular complexity index is 934. The number of rotatable bonds is 6. The van der Waals surface area contributed by atoms with E-state index < -0.39 is 0 Å². The molecule has 0 bridgehead atoms. The zero-order chi connectivity index (χ0) is 19.2. The predicted molar refractivity (Wildman–Crippen MR) is 113 cm³/mol. The molecule has 1 aliphatic rings. The Labute approximate surface area is 165 Å². The normalized spacial score (nSPS) is 13.4. The molecule has 4 heteroatoms. The van der Waals surface area contributed by atoms with Gasteiger partial charge in [0.1, 0.15) is 12.4 Å². The maximum atomic E-state index is 12.8. The van der Waals surface area contributed by atoms with Gasteiger partial charge in [0.2, 0.25) is 0 Å². The Morgan fingerprint density at radius 1 is 0.893 bits per heavy atom. The highest BCUT2D eigenvalue weighted by Gasteiger charge is 2.17. The molecular weight excluding hydrogens is 348 g/mol. The van der Waals surface area contributed by atoms with Crippen LogP contribution in [0.15, 0.2) is 78.9 Å². The van der Waals surface area contributed by atoms with Crippen molar-refractivity contribution in [2.75, 3.05) is 23.3 Å². The maximum absolute atomic E-state index is 12.8. The molecule has 28 heavy (non-hydrogen) atoms. The topological polar surface area (TPSA) is 41.6 Å². The third-order valence-corrected chi connectivity index (χ3v) is 4.94. The molecule has 4 nitrogen and oxygen atoms in total. The van der Waals surface area contributed by atoms with Gasteiger partial charge in [-0.1, -0.05) is 48.5 Å². The van der Waals surface area contributed by atoms with Crippen molar-refractivity contribution in [1.82, 2.24) is 0 Å². The molecule has 0 aromatic heterocycles. The second kappa shape index (κ2) is 8.61. The highest BCUT2D eigenvalue weighted by atomic mass is 16.5. The van der Waals surface area contributed by atoms with E-state index in [0.29, 0.717) is 17.9 Å². The van der Waals surface area contributed by atoms with Crippen molar-refractivity contribution < 1.29 is 9.53 Å². The van der Waals surface area contributed by atoms with E-state index in [9.17, 15) is 4.79 Å². The Morgan fingerprint density at radius 2 is 1.64 bits per heavy atom. The Balaban J connectivity index is 1.45. The van der Waals surface area contributed by atoms with Crippen molar-refractivity contribution in [3.05, 3.63) is 90.0 Å². The van der Waals surface area contributed by atoms with Gasteiger partial charge >= 0.3 is 0 Å². The summed E-state index contributed by atoms with van der Waals surface area (Å²) in [6.07, 6.45) is 2.39. The van der Waals surface area contributed by atoms with Crippen LogP contribution in [0, 0.1) is 0 Å². The van der Waals surface area contributed by atoms with Crippen LogP contribution in [0.3, 0.4) is 0 Å². The van der Waals surface area contributed by atoms with Gasteiger partial charge in [0.25, 0.3) is 5.91 Å². The Kier molecular flexibility index (Phi) is 5.57. The number of benzene rings is 3. The van der Waals surface area contributed by atoms with Gasteiger partial charge in [-0.3, -0.25) is 4.79 Å². The molecule has 0 spiro atoms. The summed E-state index contributed by atoms with van der Waals surface area (Å²) in [5.41, 5.74) is 3.62. The van der Waals surface area contributed by atoms with Crippen LogP contribution in [0.25, 0.3) is 0 Å². The second-order valence-electron chi connectivity index (χ2n) is 6.97. The number of carbonyl (C=O) groups excluding carboxylic acids is 1. The zero-order valence-corrected chi connectivity index (χ0v) is 15.8. The zero-order valence-electron chi connectivity index (χ0n) is 15.8. The van der Waals surface area contributed by atoms with Crippen LogP contribution in [0.2, 0.25) is 0 Å². The van der Waals surface area contributed by atoms with E-state index in [1.165, 1.54) is 12.8 Å². The van der Waals surface area contributed by atoms with Gasteiger partial charge in [0, 0.05) is 18.7 Å². The van der Waals surface area contributed by atoms with E-state index in [1.54, 1.807) is 6.07 Å². The van der Waals surface area contributed by atoms with Crippen LogP contribution in [0.4, 0.5) is 11.4 Å². The fourth-order valence-corrected chi connectivity index (χ4v) is 3.48. The first-order chi connectivity index (χ1) is 13.8. The number of ether oxygens (including phenoxy) is 1. The standard InChI is InChI=1S/C24H24N2O2/c27-24(25-22-13-4-5-14-23(22)26-15-6-7-16-26)20-11-8-12-21(17-20)28-18-19-9-2-1-3-10-19/h1-5,8-14,17H,6-7,15-16,18H2,(H,25,27). The summed E-state index contributed by atoms with van der Waals surface area (Å²) in [5, 5.41) is 3.07. The van der Waals surface area contributed by atoms with Gasteiger partial charge in [-0.05, 0) is 48.7 Å². The lowest BCUT2D eigenvalue weighted by molar-refractivity contribution is 0.102. The van der Waals surface area contributed by atoms with Crippen LogP contribution < -0.4 is 15.0 Å². The van der Waals surface area contributed by atoms with Gasteiger partial charge in [-0.25, -0.2) is 0 Å². The number of amides is 1. The highest BCUT2D eigenvalue weighted by molar-refractivity contribution is 6.06. The molecule has 142 valence electrons. The number of nitrogens with one attached hydrogen (secondary N) is 1. The molecule has 1 N–H and O–H groups in total. The van der Waals surface area contributed by atoms with E-state index in [1.807, 2.05) is 66.7 Å². The third kappa shape index (κ3) is 4.34. The molecule has 1 amide bonds. The van der Waals surface area contributed by atoms with E-state index >= 15 is 0 Å². The van der Waals surface area contributed by atoms with Crippen LogP contribution in [0.1, 0.15) is 28.8 Å². The smallest absolute Gasteiger partial charge is 0.255 e. The number of hydrogen-bond acceptors (Lipinski definition) is 3. The number of para-hydroxylation sites is 2. The van der Waals surface area contributed by atoms with Crippen molar-refractivity contribution in [3.63, 3.8) is 0 Å². The Hall–Kier alpha value is -3.27. The summed E-state index contributed by atoms with van der Waals surface area (Å²) in [4.78, 5) is 15.2.